The molecular weight excluding hydrogens is 427 g/mol. The van der Waals surface area contributed by atoms with Gasteiger partial charge in [0.15, 0.2) is 11.5 Å². The number of aromatic nitrogens is 5. The second-order valence-electron chi connectivity index (χ2n) is 6.65. The minimum absolute atomic E-state index is 0.0664. The highest BCUT2D eigenvalue weighted by molar-refractivity contribution is 6.31. The summed E-state index contributed by atoms with van der Waals surface area (Å²) in [6.45, 7) is 0.252. The molecular formula is C20H14ClFN6O3. The number of anilines is 1. The fourth-order valence-corrected chi connectivity index (χ4v) is 3.31. The maximum absolute atomic E-state index is 13.9. The van der Waals surface area contributed by atoms with Crippen molar-refractivity contribution in [3.8, 4) is 22.8 Å². The Bertz CT molecular complexity index is 1270. The van der Waals surface area contributed by atoms with Gasteiger partial charge >= 0.3 is 0 Å². The van der Waals surface area contributed by atoms with Gasteiger partial charge in [0.1, 0.15) is 17.8 Å². The van der Waals surface area contributed by atoms with Crippen LogP contribution >= 0.6 is 11.6 Å². The first-order valence-electron chi connectivity index (χ1n) is 9.16. The molecule has 5 rings (SSSR count). The van der Waals surface area contributed by atoms with E-state index in [1.54, 1.807) is 24.3 Å². The summed E-state index contributed by atoms with van der Waals surface area (Å²) in [6.07, 6.45) is 1.38. The monoisotopic (exact) mass is 440 g/mol. The van der Waals surface area contributed by atoms with Crippen molar-refractivity contribution in [3.63, 3.8) is 0 Å². The molecule has 0 unspecified atom stereocenters. The van der Waals surface area contributed by atoms with Crippen molar-refractivity contribution >= 4 is 23.5 Å². The van der Waals surface area contributed by atoms with Crippen LogP contribution in [-0.2, 0) is 6.54 Å². The average molecular weight is 441 g/mol. The average Bonchev–Trinajstić information content (AvgIpc) is 3.50. The molecule has 0 aliphatic carbocycles. The lowest BCUT2D eigenvalue weighted by atomic mass is 10.1. The molecule has 0 atom stereocenters. The number of hydrogen-bond donors (Lipinski definition) is 2. The SMILES string of the molecule is O=C(Nc1ncn(Cc2c(F)cccc2Cl)n1)c1cc(-c2ccc3c(c2)OCO3)n[nH]1. The van der Waals surface area contributed by atoms with Crippen molar-refractivity contribution in [2.45, 2.75) is 6.54 Å². The van der Waals surface area contributed by atoms with Crippen molar-refractivity contribution < 1.29 is 18.7 Å². The zero-order valence-electron chi connectivity index (χ0n) is 15.8. The maximum Gasteiger partial charge on any atom is 0.276 e. The van der Waals surface area contributed by atoms with Gasteiger partial charge in [-0.15, -0.1) is 5.10 Å². The van der Waals surface area contributed by atoms with Crippen LogP contribution in [0.25, 0.3) is 11.3 Å². The largest absolute Gasteiger partial charge is 0.454 e. The van der Waals surface area contributed by atoms with E-state index >= 15 is 0 Å². The Hall–Kier alpha value is -3.92. The number of carbonyl (C=O) groups is 1. The van der Waals surface area contributed by atoms with Crippen molar-refractivity contribution in [1.29, 1.82) is 0 Å². The molecule has 1 aliphatic rings. The lowest BCUT2D eigenvalue weighted by Crippen LogP contribution is -2.14. The molecule has 3 heterocycles. The normalized spacial score (nSPS) is 12.2. The van der Waals surface area contributed by atoms with Crippen LogP contribution in [0.15, 0.2) is 48.8 Å². The number of benzene rings is 2. The summed E-state index contributed by atoms with van der Waals surface area (Å²) in [7, 11) is 0. The zero-order chi connectivity index (χ0) is 21.4. The Kier molecular flexibility index (Phi) is 4.75. The number of ether oxygens (including phenoxy) is 2. The molecule has 11 heteroatoms. The van der Waals surface area contributed by atoms with Gasteiger partial charge in [0.05, 0.1) is 12.2 Å². The second kappa shape index (κ2) is 7.73. The first-order valence-corrected chi connectivity index (χ1v) is 9.54. The van der Waals surface area contributed by atoms with E-state index in [0.717, 1.165) is 5.56 Å². The summed E-state index contributed by atoms with van der Waals surface area (Å²) < 4.78 is 26.0. The van der Waals surface area contributed by atoms with Crippen LogP contribution in [0.5, 0.6) is 11.5 Å². The molecule has 2 aromatic heterocycles. The summed E-state index contributed by atoms with van der Waals surface area (Å²) in [5.41, 5.74) is 1.84. The highest BCUT2D eigenvalue weighted by Gasteiger charge is 2.17. The highest BCUT2D eigenvalue weighted by Crippen LogP contribution is 2.35. The molecule has 156 valence electrons. The molecule has 0 saturated heterocycles. The molecule has 2 N–H and O–H groups in total. The summed E-state index contributed by atoms with van der Waals surface area (Å²) in [6, 6.07) is 11.4. The van der Waals surface area contributed by atoms with E-state index in [0.29, 0.717) is 17.2 Å². The first kappa shape index (κ1) is 19.1. The standard InChI is InChI=1S/C20H14ClFN6O3/c21-13-2-1-3-14(22)12(13)8-28-9-23-20(27-28)24-19(29)16-7-15(25-26-16)11-4-5-17-18(6-11)31-10-30-17/h1-7,9H,8,10H2,(H,25,26)(H,24,27,29). The Balaban J connectivity index is 1.28. The fraction of sp³-hybridized carbons (Fsp3) is 0.100. The lowest BCUT2D eigenvalue weighted by Gasteiger charge is -2.05. The number of H-pyrrole nitrogens is 1. The van der Waals surface area contributed by atoms with Gasteiger partial charge < -0.3 is 9.47 Å². The predicted molar refractivity (Wildman–Crippen MR) is 109 cm³/mol. The number of nitrogens with zero attached hydrogens (tertiary/aromatic N) is 4. The molecule has 1 amide bonds. The van der Waals surface area contributed by atoms with E-state index < -0.39 is 11.7 Å². The minimum Gasteiger partial charge on any atom is -0.454 e. The van der Waals surface area contributed by atoms with E-state index in [9.17, 15) is 9.18 Å². The molecule has 1 aliphatic heterocycles. The van der Waals surface area contributed by atoms with E-state index in [4.69, 9.17) is 21.1 Å². The number of hydrogen-bond acceptors (Lipinski definition) is 6. The van der Waals surface area contributed by atoms with Gasteiger partial charge in [-0.1, -0.05) is 17.7 Å². The van der Waals surface area contributed by atoms with Crippen molar-refractivity contribution in [2.75, 3.05) is 12.1 Å². The van der Waals surface area contributed by atoms with Crippen LogP contribution in [0, 0.1) is 5.82 Å². The molecule has 4 aromatic rings. The Labute approximate surface area is 179 Å². The molecule has 0 radical (unpaired) electrons. The van der Waals surface area contributed by atoms with Crippen LogP contribution in [0.1, 0.15) is 16.1 Å². The Morgan fingerprint density at radius 1 is 1.23 bits per heavy atom. The van der Waals surface area contributed by atoms with E-state index in [2.05, 4.69) is 25.6 Å². The lowest BCUT2D eigenvalue weighted by molar-refractivity contribution is 0.102. The third-order valence-corrected chi connectivity index (χ3v) is 4.99. The summed E-state index contributed by atoms with van der Waals surface area (Å²) in [5, 5.41) is 13.9. The topological polar surface area (TPSA) is 107 Å². The quantitative estimate of drug-likeness (QED) is 0.492. The number of halogens is 2. The number of aromatic amines is 1. The predicted octanol–water partition coefficient (Wildman–Crippen LogP) is 3.49. The van der Waals surface area contributed by atoms with Gasteiger partial charge in [0.25, 0.3) is 5.91 Å². The second-order valence-corrected chi connectivity index (χ2v) is 7.06. The molecule has 0 fully saturated rings. The van der Waals surface area contributed by atoms with Crippen molar-refractivity contribution in [1.82, 2.24) is 25.0 Å². The van der Waals surface area contributed by atoms with E-state index in [1.807, 2.05) is 6.07 Å². The molecule has 9 nitrogen and oxygen atoms in total. The van der Waals surface area contributed by atoms with Crippen LogP contribution < -0.4 is 14.8 Å². The molecule has 0 saturated carbocycles. The van der Waals surface area contributed by atoms with Gasteiger partial charge in [-0.05, 0) is 36.4 Å². The van der Waals surface area contributed by atoms with Gasteiger partial charge in [-0.3, -0.25) is 15.2 Å². The molecule has 31 heavy (non-hydrogen) atoms. The summed E-state index contributed by atoms with van der Waals surface area (Å²) in [4.78, 5) is 16.6. The van der Waals surface area contributed by atoms with Gasteiger partial charge in [0, 0.05) is 16.1 Å². The van der Waals surface area contributed by atoms with Crippen LogP contribution in [0.3, 0.4) is 0 Å². The summed E-state index contributed by atoms with van der Waals surface area (Å²) >= 11 is 6.04. The van der Waals surface area contributed by atoms with Gasteiger partial charge in [-0.2, -0.15) is 5.10 Å². The van der Waals surface area contributed by atoms with Crippen molar-refractivity contribution in [3.05, 3.63) is 70.9 Å². The minimum atomic E-state index is -0.471. The highest BCUT2D eigenvalue weighted by atomic mass is 35.5. The van der Waals surface area contributed by atoms with Crippen molar-refractivity contribution in [2.24, 2.45) is 0 Å². The van der Waals surface area contributed by atoms with Gasteiger partial charge in [0.2, 0.25) is 12.7 Å². The number of fused-ring (bicyclic) bond motifs is 1. The number of rotatable bonds is 5. The number of nitrogens with one attached hydrogen (secondary N) is 2. The van der Waals surface area contributed by atoms with E-state index in [1.165, 1.54) is 23.1 Å². The van der Waals surface area contributed by atoms with E-state index in [-0.39, 0.29) is 35.6 Å². The molecule has 0 bridgehead atoms. The van der Waals surface area contributed by atoms with Crippen LogP contribution in [-0.4, -0.2) is 37.7 Å². The Morgan fingerprint density at radius 3 is 2.97 bits per heavy atom. The third-order valence-electron chi connectivity index (χ3n) is 4.63. The first-order chi connectivity index (χ1) is 15.1. The zero-order valence-corrected chi connectivity index (χ0v) is 16.6. The van der Waals surface area contributed by atoms with Crippen LogP contribution in [0.4, 0.5) is 10.3 Å². The number of carbonyl (C=O) groups excluding carboxylic acids is 1. The van der Waals surface area contributed by atoms with Crippen LogP contribution in [0.2, 0.25) is 5.02 Å². The maximum atomic E-state index is 13.9. The number of amides is 1. The molecule has 0 spiro atoms. The fourth-order valence-electron chi connectivity index (χ4n) is 3.08. The molecule has 2 aromatic carbocycles. The smallest absolute Gasteiger partial charge is 0.276 e. The van der Waals surface area contributed by atoms with Gasteiger partial charge in [-0.25, -0.2) is 14.1 Å². The summed E-state index contributed by atoms with van der Waals surface area (Å²) in [5.74, 6) is 0.437. The third kappa shape index (κ3) is 3.80. The Morgan fingerprint density at radius 2 is 2.10 bits per heavy atom.